The standard InChI is InChI=1S/C24H37N3O6S/c1-17-13-27(18(2)16-28)34(31,32)22-9-8-19(10-11-24(3,4)30)12-20(22)33-21(17)14-26(7)23(29)15-25(5)6/h8-9,12,17-18,21,28,30H,13-16H2,1-7H3/t17-,18+,21+/m1/s1. The van der Waals surface area contributed by atoms with E-state index in [1.54, 1.807) is 49.8 Å². The zero-order valence-electron chi connectivity index (χ0n) is 21.1. The lowest BCUT2D eigenvalue weighted by Gasteiger charge is -2.37. The number of likely N-dealkylation sites (N-methyl/N-ethyl adjacent to an activating group) is 2. The van der Waals surface area contributed by atoms with Gasteiger partial charge in [-0.25, -0.2) is 8.42 Å². The van der Waals surface area contributed by atoms with Crippen LogP contribution in [0, 0.1) is 17.8 Å². The molecular formula is C24H37N3O6S. The molecule has 1 aromatic carbocycles. The highest BCUT2D eigenvalue weighted by Crippen LogP contribution is 2.34. The summed E-state index contributed by atoms with van der Waals surface area (Å²) in [4.78, 5) is 15.9. The first-order valence-electron chi connectivity index (χ1n) is 11.2. The van der Waals surface area contributed by atoms with Gasteiger partial charge in [0.05, 0.1) is 19.7 Å². The van der Waals surface area contributed by atoms with Crippen LogP contribution >= 0.6 is 0 Å². The summed E-state index contributed by atoms with van der Waals surface area (Å²) in [7, 11) is 1.35. The summed E-state index contributed by atoms with van der Waals surface area (Å²) < 4.78 is 34.5. The van der Waals surface area contributed by atoms with Gasteiger partial charge in [0.1, 0.15) is 22.4 Å². The molecule has 0 unspecified atom stereocenters. The second kappa shape index (κ2) is 11.1. The molecule has 3 atom stereocenters. The van der Waals surface area contributed by atoms with Gasteiger partial charge >= 0.3 is 0 Å². The number of carbonyl (C=O) groups excluding carboxylic acids is 1. The summed E-state index contributed by atoms with van der Waals surface area (Å²) in [6.45, 7) is 6.93. The molecule has 0 bridgehead atoms. The van der Waals surface area contributed by atoms with Gasteiger partial charge in [-0.3, -0.25) is 4.79 Å². The fourth-order valence-corrected chi connectivity index (χ4v) is 5.34. The van der Waals surface area contributed by atoms with Crippen LogP contribution in [0.15, 0.2) is 23.1 Å². The van der Waals surface area contributed by atoms with Crippen LogP contribution in [0.2, 0.25) is 0 Å². The van der Waals surface area contributed by atoms with Crippen molar-refractivity contribution in [2.24, 2.45) is 5.92 Å². The maximum Gasteiger partial charge on any atom is 0.247 e. The molecule has 1 aliphatic heterocycles. The van der Waals surface area contributed by atoms with Crippen molar-refractivity contribution in [2.75, 3.05) is 47.4 Å². The van der Waals surface area contributed by atoms with Gasteiger partial charge in [-0.2, -0.15) is 4.31 Å². The van der Waals surface area contributed by atoms with Gasteiger partial charge in [-0.1, -0.05) is 18.8 Å². The molecule has 0 saturated carbocycles. The fraction of sp³-hybridized carbons (Fsp3) is 0.625. The molecule has 10 heteroatoms. The maximum absolute atomic E-state index is 13.5. The van der Waals surface area contributed by atoms with Gasteiger partial charge in [-0.15, -0.1) is 0 Å². The number of ether oxygens (including phenoxy) is 1. The number of sulfonamides is 1. The third-order valence-corrected chi connectivity index (χ3v) is 7.53. The molecule has 1 amide bonds. The molecule has 0 radical (unpaired) electrons. The molecule has 0 aromatic heterocycles. The third-order valence-electron chi connectivity index (χ3n) is 5.51. The maximum atomic E-state index is 13.5. The van der Waals surface area contributed by atoms with Crippen molar-refractivity contribution >= 4 is 15.9 Å². The lowest BCUT2D eigenvalue weighted by molar-refractivity contribution is -0.132. The van der Waals surface area contributed by atoms with Crippen molar-refractivity contribution in [3.05, 3.63) is 23.8 Å². The smallest absolute Gasteiger partial charge is 0.247 e. The van der Waals surface area contributed by atoms with Crippen molar-refractivity contribution in [3.63, 3.8) is 0 Å². The summed E-state index contributed by atoms with van der Waals surface area (Å²) in [5, 5.41) is 19.7. The Labute approximate surface area is 203 Å². The number of benzene rings is 1. The Morgan fingerprint density at radius 2 is 1.97 bits per heavy atom. The average molecular weight is 496 g/mol. The minimum Gasteiger partial charge on any atom is -0.487 e. The number of fused-ring (bicyclic) bond motifs is 1. The molecule has 34 heavy (non-hydrogen) atoms. The summed E-state index contributed by atoms with van der Waals surface area (Å²) in [6.07, 6.45) is -0.503. The van der Waals surface area contributed by atoms with E-state index in [1.807, 2.05) is 21.0 Å². The predicted molar refractivity (Wildman–Crippen MR) is 130 cm³/mol. The minimum atomic E-state index is -3.97. The molecule has 1 aliphatic rings. The van der Waals surface area contributed by atoms with Crippen LogP contribution in [0.3, 0.4) is 0 Å². The minimum absolute atomic E-state index is 0.0271. The highest BCUT2D eigenvalue weighted by molar-refractivity contribution is 7.89. The summed E-state index contributed by atoms with van der Waals surface area (Å²) in [5.74, 6) is 5.33. The Bertz CT molecular complexity index is 1040. The molecule has 1 aromatic rings. The Balaban J connectivity index is 2.55. The van der Waals surface area contributed by atoms with Crippen LogP contribution < -0.4 is 4.74 Å². The number of rotatable bonds is 6. The van der Waals surface area contributed by atoms with Gasteiger partial charge in [-0.05, 0) is 53.1 Å². The molecule has 1 heterocycles. The molecule has 2 rings (SSSR count). The van der Waals surface area contributed by atoms with Crippen LogP contribution in [0.5, 0.6) is 5.75 Å². The molecule has 9 nitrogen and oxygen atoms in total. The van der Waals surface area contributed by atoms with Crippen LogP contribution in [0.25, 0.3) is 0 Å². The molecule has 190 valence electrons. The van der Waals surface area contributed by atoms with Gasteiger partial charge in [0, 0.05) is 31.1 Å². The normalized spacial score (nSPS) is 21.4. The van der Waals surface area contributed by atoms with Crippen LogP contribution in [0.4, 0.5) is 0 Å². The molecule has 0 saturated heterocycles. The lowest BCUT2D eigenvalue weighted by Crippen LogP contribution is -2.50. The van der Waals surface area contributed by atoms with Crippen LogP contribution in [0.1, 0.15) is 33.3 Å². The third kappa shape index (κ3) is 7.17. The first-order chi connectivity index (χ1) is 15.7. The topological polar surface area (TPSA) is 111 Å². The second-order valence-corrected chi connectivity index (χ2v) is 11.6. The number of amides is 1. The number of aliphatic hydroxyl groups excluding tert-OH is 1. The number of hydrogen-bond donors (Lipinski definition) is 2. The van der Waals surface area contributed by atoms with Crippen molar-refractivity contribution in [1.29, 1.82) is 0 Å². The summed E-state index contributed by atoms with van der Waals surface area (Å²) >= 11 is 0. The van der Waals surface area contributed by atoms with E-state index in [1.165, 1.54) is 10.4 Å². The molecule has 0 fully saturated rings. The average Bonchev–Trinajstić information content (AvgIpc) is 2.73. The SMILES string of the molecule is C[C@@H]1CN([C@@H](C)CO)S(=O)(=O)c2ccc(C#CC(C)(C)O)cc2O[C@H]1CN(C)C(=O)CN(C)C. The van der Waals surface area contributed by atoms with Crippen LogP contribution in [-0.2, 0) is 14.8 Å². The summed E-state index contributed by atoms with van der Waals surface area (Å²) in [5.41, 5.74) is -0.723. The Hall–Kier alpha value is -2.16. The van der Waals surface area contributed by atoms with E-state index >= 15 is 0 Å². The van der Waals surface area contributed by atoms with Crippen LogP contribution in [-0.4, -0.2) is 104 Å². The monoisotopic (exact) mass is 495 g/mol. The van der Waals surface area contributed by atoms with Gasteiger partial charge < -0.3 is 24.7 Å². The molecule has 0 spiro atoms. The fourth-order valence-electron chi connectivity index (χ4n) is 3.51. The first-order valence-corrected chi connectivity index (χ1v) is 12.7. The van der Waals surface area contributed by atoms with E-state index < -0.39 is 27.8 Å². The highest BCUT2D eigenvalue weighted by atomic mass is 32.2. The Morgan fingerprint density at radius 1 is 1.32 bits per heavy atom. The van der Waals surface area contributed by atoms with E-state index in [0.29, 0.717) is 5.56 Å². The zero-order chi connectivity index (χ0) is 25.8. The van der Waals surface area contributed by atoms with Gasteiger partial charge in [0.2, 0.25) is 15.9 Å². The second-order valence-electron chi connectivity index (χ2n) is 9.72. The quantitative estimate of drug-likeness (QED) is 0.556. The zero-order valence-corrected chi connectivity index (χ0v) is 21.9. The van der Waals surface area contributed by atoms with E-state index in [4.69, 9.17) is 4.74 Å². The number of hydrogen-bond acceptors (Lipinski definition) is 7. The first kappa shape index (κ1) is 28.1. The Morgan fingerprint density at radius 3 is 2.53 bits per heavy atom. The molecule has 2 N–H and O–H groups in total. The lowest BCUT2D eigenvalue weighted by atomic mass is 10.0. The van der Waals surface area contributed by atoms with Crippen molar-refractivity contribution in [3.8, 4) is 17.6 Å². The largest absolute Gasteiger partial charge is 0.487 e. The predicted octanol–water partition coefficient (Wildman–Crippen LogP) is 0.598. The molecular weight excluding hydrogens is 458 g/mol. The van der Waals surface area contributed by atoms with Gasteiger partial charge in [0.25, 0.3) is 0 Å². The number of nitrogens with zero attached hydrogens (tertiary/aromatic N) is 3. The van der Waals surface area contributed by atoms with E-state index in [9.17, 15) is 23.4 Å². The van der Waals surface area contributed by atoms with Gasteiger partial charge in [0.15, 0.2) is 0 Å². The number of carbonyl (C=O) groups is 1. The van der Waals surface area contributed by atoms with Crippen molar-refractivity contribution in [2.45, 2.75) is 50.3 Å². The van der Waals surface area contributed by atoms with Crippen molar-refractivity contribution in [1.82, 2.24) is 14.1 Å². The summed E-state index contributed by atoms with van der Waals surface area (Å²) in [6, 6.07) is 3.90. The highest BCUT2D eigenvalue weighted by Gasteiger charge is 2.38. The van der Waals surface area contributed by atoms with E-state index in [2.05, 4.69) is 11.8 Å². The Kier molecular flexibility index (Phi) is 9.13. The van der Waals surface area contributed by atoms with E-state index in [-0.39, 0.29) is 48.7 Å². The number of aliphatic hydroxyl groups is 2. The molecule has 0 aliphatic carbocycles. The van der Waals surface area contributed by atoms with Crippen molar-refractivity contribution < 1.29 is 28.2 Å². The van der Waals surface area contributed by atoms with E-state index in [0.717, 1.165) is 0 Å².